The highest BCUT2D eigenvalue weighted by molar-refractivity contribution is 5.94. The molecular weight excluding hydrogens is 269 g/mol. The number of nitrogens with one attached hydrogen (secondary N) is 2. The highest BCUT2D eigenvalue weighted by Crippen LogP contribution is 2.28. The fraction of sp³-hybridized carbons (Fsp3) is 0.500. The fourth-order valence-electron chi connectivity index (χ4n) is 1.87. The lowest BCUT2D eigenvalue weighted by molar-refractivity contribution is -0.895. The number of likely N-dealkylation sites (N-methyl/N-ethyl adjacent to an activating group) is 1. The van der Waals surface area contributed by atoms with Gasteiger partial charge in [0.05, 0.1) is 31.7 Å². The van der Waals surface area contributed by atoms with Gasteiger partial charge >= 0.3 is 6.18 Å². The van der Waals surface area contributed by atoms with Crippen molar-refractivity contribution in [3.8, 4) is 0 Å². The van der Waals surface area contributed by atoms with Gasteiger partial charge in [-0.2, -0.15) is 13.2 Å². The first kappa shape index (κ1) is 16.5. The van der Waals surface area contributed by atoms with E-state index in [9.17, 15) is 18.0 Å². The van der Waals surface area contributed by atoms with Gasteiger partial charge in [0.2, 0.25) is 0 Å². The quantitative estimate of drug-likeness (QED) is 0.814. The van der Waals surface area contributed by atoms with Crippen LogP contribution in [0.15, 0.2) is 24.3 Å². The first-order valence-electron chi connectivity index (χ1n) is 6.67. The summed E-state index contributed by atoms with van der Waals surface area (Å²) in [5.74, 6) is -0.342. The molecule has 1 rings (SSSR count). The van der Waals surface area contributed by atoms with Crippen LogP contribution in [0, 0.1) is 0 Å². The van der Waals surface area contributed by atoms with Crippen molar-refractivity contribution in [1.82, 2.24) is 5.32 Å². The zero-order valence-electron chi connectivity index (χ0n) is 11.7. The molecule has 0 spiro atoms. The van der Waals surface area contributed by atoms with E-state index < -0.39 is 11.7 Å². The third kappa shape index (κ3) is 4.85. The molecule has 0 bridgehead atoms. The van der Waals surface area contributed by atoms with Crippen molar-refractivity contribution in [2.24, 2.45) is 0 Å². The molecule has 0 aliphatic carbocycles. The lowest BCUT2D eigenvalue weighted by Gasteiger charge is -2.15. The van der Waals surface area contributed by atoms with Gasteiger partial charge in [0.1, 0.15) is 0 Å². The number of benzene rings is 1. The van der Waals surface area contributed by atoms with E-state index in [1.54, 1.807) is 0 Å². The minimum Gasteiger partial charge on any atom is -0.346 e. The number of carbonyl (C=O) groups excluding carboxylic acids is 1. The van der Waals surface area contributed by atoms with Crippen LogP contribution in [0.2, 0.25) is 0 Å². The molecule has 0 aliphatic rings. The Kier molecular flexibility index (Phi) is 6.01. The number of hydrogen-bond donors (Lipinski definition) is 2. The average molecular weight is 289 g/mol. The Morgan fingerprint density at radius 1 is 1.15 bits per heavy atom. The third-order valence-corrected chi connectivity index (χ3v) is 3.24. The highest BCUT2D eigenvalue weighted by atomic mass is 19.4. The van der Waals surface area contributed by atoms with Crippen LogP contribution < -0.4 is 10.2 Å². The van der Waals surface area contributed by atoms with Gasteiger partial charge in [-0.25, -0.2) is 0 Å². The molecule has 0 saturated carbocycles. The second-order valence-corrected chi connectivity index (χ2v) is 4.54. The van der Waals surface area contributed by atoms with E-state index in [0.717, 1.165) is 31.8 Å². The molecule has 0 aliphatic heterocycles. The Morgan fingerprint density at radius 2 is 1.70 bits per heavy atom. The largest absolute Gasteiger partial charge is 0.416 e. The molecule has 20 heavy (non-hydrogen) atoms. The zero-order valence-corrected chi connectivity index (χ0v) is 11.7. The maximum Gasteiger partial charge on any atom is 0.416 e. The van der Waals surface area contributed by atoms with Crippen LogP contribution in [0.4, 0.5) is 13.2 Å². The topological polar surface area (TPSA) is 33.5 Å². The lowest BCUT2D eigenvalue weighted by Crippen LogP contribution is -3.12. The zero-order chi connectivity index (χ0) is 15.2. The predicted molar refractivity (Wildman–Crippen MR) is 70.7 cm³/mol. The Morgan fingerprint density at radius 3 is 2.15 bits per heavy atom. The van der Waals surface area contributed by atoms with Gasteiger partial charge in [0, 0.05) is 5.56 Å². The Bertz CT molecular complexity index is 425. The van der Waals surface area contributed by atoms with Gasteiger partial charge in [0.25, 0.3) is 5.91 Å². The van der Waals surface area contributed by atoms with Crippen LogP contribution in [0.5, 0.6) is 0 Å². The number of amides is 1. The average Bonchev–Trinajstić information content (AvgIpc) is 2.42. The van der Waals surface area contributed by atoms with E-state index in [0.29, 0.717) is 6.54 Å². The van der Waals surface area contributed by atoms with Gasteiger partial charge < -0.3 is 10.2 Å². The van der Waals surface area contributed by atoms with E-state index in [1.165, 1.54) is 17.0 Å². The standard InChI is InChI=1S/C14H19F3N2O/c1-3-19(4-2)10-9-18-13(20)11-5-7-12(8-6-11)14(15,16)17/h5-8H,3-4,9-10H2,1-2H3,(H,18,20)/p+1. The minimum absolute atomic E-state index is 0.243. The van der Waals surface area contributed by atoms with E-state index >= 15 is 0 Å². The van der Waals surface area contributed by atoms with Crippen LogP contribution in [-0.4, -0.2) is 32.1 Å². The Balaban J connectivity index is 2.52. The van der Waals surface area contributed by atoms with Gasteiger partial charge in [-0.1, -0.05) is 0 Å². The van der Waals surface area contributed by atoms with E-state index in [2.05, 4.69) is 19.2 Å². The van der Waals surface area contributed by atoms with E-state index in [1.807, 2.05) is 0 Å². The lowest BCUT2D eigenvalue weighted by atomic mass is 10.1. The summed E-state index contributed by atoms with van der Waals surface area (Å²) < 4.78 is 37.2. The molecule has 2 N–H and O–H groups in total. The molecular formula is C14H20F3N2O+. The molecule has 112 valence electrons. The summed E-state index contributed by atoms with van der Waals surface area (Å²) in [4.78, 5) is 13.1. The number of halogens is 3. The predicted octanol–water partition coefficient (Wildman–Crippen LogP) is 1.36. The summed E-state index contributed by atoms with van der Waals surface area (Å²) in [6, 6.07) is 4.24. The molecule has 1 aromatic carbocycles. The molecule has 1 amide bonds. The minimum atomic E-state index is -4.37. The first-order valence-corrected chi connectivity index (χ1v) is 6.67. The summed E-state index contributed by atoms with van der Waals surface area (Å²) in [6.45, 7) is 7.41. The monoisotopic (exact) mass is 289 g/mol. The summed E-state index contributed by atoms with van der Waals surface area (Å²) >= 11 is 0. The summed E-state index contributed by atoms with van der Waals surface area (Å²) in [5.41, 5.74) is -0.505. The van der Waals surface area contributed by atoms with E-state index in [4.69, 9.17) is 0 Å². The smallest absolute Gasteiger partial charge is 0.346 e. The maximum atomic E-state index is 12.4. The molecule has 0 radical (unpaired) electrons. The molecule has 3 nitrogen and oxygen atoms in total. The van der Waals surface area contributed by atoms with Crippen molar-refractivity contribution in [1.29, 1.82) is 0 Å². The van der Waals surface area contributed by atoms with Gasteiger partial charge in [-0.05, 0) is 38.1 Å². The van der Waals surface area contributed by atoms with Crippen molar-refractivity contribution in [2.45, 2.75) is 20.0 Å². The number of hydrogen-bond acceptors (Lipinski definition) is 1. The number of carbonyl (C=O) groups is 1. The highest BCUT2D eigenvalue weighted by Gasteiger charge is 2.30. The summed E-state index contributed by atoms with van der Waals surface area (Å²) in [5, 5.41) is 2.72. The maximum absolute atomic E-state index is 12.4. The molecule has 0 aromatic heterocycles. The van der Waals surface area contributed by atoms with Crippen LogP contribution in [0.1, 0.15) is 29.8 Å². The molecule has 0 fully saturated rings. The first-order chi connectivity index (χ1) is 9.38. The number of rotatable bonds is 6. The van der Waals surface area contributed by atoms with Crippen LogP contribution in [0.25, 0.3) is 0 Å². The van der Waals surface area contributed by atoms with E-state index in [-0.39, 0.29) is 11.5 Å². The SMILES string of the molecule is CC[NH+](CC)CCNC(=O)c1ccc(C(F)(F)F)cc1. The van der Waals surface area contributed by atoms with Gasteiger partial charge in [-0.3, -0.25) is 4.79 Å². The molecule has 0 heterocycles. The summed E-state index contributed by atoms with van der Waals surface area (Å²) in [6.07, 6.45) is -4.37. The number of quaternary nitrogens is 1. The van der Waals surface area contributed by atoms with Crippen molar-refractivity contribution in [3.05, 3.63) is 35.4 Å². The van der Waals surface area contributed by atoms with Crippen molar-refractivity contribution < 1.29 is 22.9 Å². The van der Waals surface area contributed by atoms with Gasteiger partial charge in [0.15, 0.2) is 0 Å². The van der Waals surface area contributed by atoms with Crippen LogP contribution in [-0.2, 0) is 6.18 Å². The van der Waals surface area contributed by atoms with Crippen LogP contribution in [0.3, 0.4) is 0 Å². The van der Waals surface area contributed by atoms with Crippen molar-refractivity contribution in [2.75, 3.05) is 26.2 Å². The van der Waals surface area contributed by atoms with Gasteiger partial charge in [-0.15, -0.1) is 0 Å². The van der Waals surface area contributed by atoms with Crippen molar-refractivity contribution >= 4 is 5.91 Å². The Labute approximate surface area is 116 Å². The molecule has 1 aromatic rings. The Hall–Kier alpha value is -1.56. The second-order valence-electron chi connectivity index (χ2n) is 4.54. The van der Waals surface area contributed by atoms with Crippen LogP contribution >= 0.6 is 0 Å². The molecule has 0 unspecified atom stereocenters. The summed E-state index contributed by atoms with van der Waals surface area (Å²) in [7, 11) is 0. The molecule has 0 saturated heterocycles. The normalized spacial score (nSPS) is 11.7. The van der Waals surface area contributed by atoms with Crippen molar-refractivity contribution in [3.63, 3.8) is 0 Å². The molecule has 0 atom stereocenters. The molecule has 6 heteroatoms. The second kappa shape index (κ2) is 7.28. The fourth-order valence-corrected chi connectivity index (χ4v) is 1.87. The third-order valence-electron chi connectivity index (χ3n) is 3.24. The number of alkyl halides is 3.